The van der Waals surface area contributed by atoms with Crippen molar-refractivity contribution in [3.8, 4) is 0 Å². The van der Waals surface area contributed by atoms with Crippen LogP contribution in [0.25, 0.3) is 0 Å². The lowest BCUT2D eigenvalue weighted by molar-refractivity contribution is -0.0341. The maximum Gasteiger partial charge on any atom is 0.358 e. The van der Waals surface area contributed by atoms with Crippen LogP contribution in [-0.2, 0) is 11.3 Å². The van der Waals surface area contributed by atoms with Crippen molar-refractivity contribution in [3.05, 3.63) is 17.5 Å². The van der Waals surface area contributed by atoms with Gasteiger partial charge in [-0.3, -0.25) is 4.90 Å². The molecule has 0 spiro atoms. The Morgan fingerprint density at radius 1 is 1.65 bits per heavy atom. The molecule has 94 valence electrons. The Morgan fingerprint density at radius 3 is 3.12 bits per heavy atom. The molecule has 1 aliphatic rings. The number of carboxylic acids is 1. The van der Waals surface area contributed by atoms with E-state index in [1.807, 2.05) is 4.90 Å². The largest absolute Gasteiger partial charge is 0.476 e. The molecule has 7 nitrogen and oxygen atoms in total. The van der Waals surface area contributed by atoms with E-state index in [2.05, 4.69) is 5.16 Å². The maximum absolute atomic E-state index is 10.6. The van der Waals surface area contributed by atoms with Crippen molar-refractivity contribution < 1.29 is 24.3 Å². The Kier molecular flexibility index (Phi) is 3.72. The van der Waals surface area contributed by atoms with E-state index in [1.165, 1.54) is 6.07 Å². The highest BCUT2D eigenvalue weighted by Gasteiger charge is 2.24. The van der Waals surface area contributed by atoms with Crippen molar-refractivity contribution in [2.75, 3.05) is 26.4 Å². The van der Waals surface area contributed by atoms with E-state index in [4.69, 9.17) is 14.4 Å². The highest BCUT2D eigenvalue weighted by molar-refractivity contribution is 5.85. The molecule has 0 saturated carbocycles. The predicted octanol–water partition coefficient (Wildman–Crippen LogP) is -0.434. The minimum atomic E-state index is -1.11. The molecule has 0 aromatic carbocycles. The highest BCUT2D eigenvalue weighted by atomic mass is 16.5. The standard InChI is InChI=1S/C10H14N2O5/c13-5-7-6-16-2-1-12(7)4-8-3-9(10(14)15)11-17-8/h3,7,13H,1-2,4-6H2,(H,14,15). The summed E-state index contributed by atoms with van der Waals surface area (Å²) in [5.41, 5.74) is -0.103. The fourth-order valence-corrected chi connectivity index (χ4v) is 1.75. The minimum absolute atomic E-state index is 0.0000746. The molecule has 17 heavy (non-hydrogen) atoms. The van der Waals surface area contributed by atoms with Gasteiger partial charge in [0, 0.05) is 12.6 Å². The van der Waals surface area contributed by atoms with Crippen molar-refractivity contribution in [2.24, 2.45) is 0 Å². The predicted molar refractivity (Wildman–Crippen MR) is 55.6 cm³/mol. The lowest BCUT2D eigenvalue weighted by Crippen LogP contribution is -2.46. The average molecular weight is 242 g/mol. The van der Waals surface area contributed by atoms with Crippen molar-refractivity contribution in [1.82, 2.24) is 10.1 Å². The first-order valence-electron chi connectivity index (χ1n) is 5.32. The van der Waals surface area contributed by atoms with Crippen LogP contribution in [0.15, 0.2) is 10.6 Å². The molecule has 2 rings (SSSR count). The van der Waals surface area contributed by atoms with Crippen LogP contribution < -0.4 is 0 Å². The molecular formula is C10H14N2O5. The third kappa shape index (κ3) is 2.82. The molecule has 2 heterocycles. The molecule has 1 aliphatic heterocycles. The number of aromatic carboxylic acids is 1. The third-order valence-electron chi connectivity index (χ3n) is 2.70. The molecule has 0 bridgehead atoms. The van der Waals surface area contributed by atoms with Gasteiger partial charge in [0.05, 0.1) is 32.4 Å². The van der Waals surface area contributed by atoms with Gasteiger partial charge >= 0.3 is 5.97 Å². The number of carboxylic acid groups (broad SMARTS) is 1. The van der Waals surface area contributed by atoms with Crippen LogP contribution in [0.5, 0.6) is 0 Å². The van der Waals surface area contributed by atoms with E-state index in [1.54, 1.807) is 0 Å². The topological polar surface area (TPSA) is 96.0 Å². The monoisotopic (exact) mass is 242 g/mol. The second kappa shape index (κ2) is 5.26. The second-order valence-electron chi connectivity index (χ2n) is 3.87. The Balaban J connectivity index is 2.00. The number of aliphatic hydroxyl groups is 1. The van der Waals surface area contributed by atoms with Crippen LogP contribution in [0.2, 0.25) is 0 Å². The molecule has 1 aromatic heterocycles. The average Bonchev–Trinajstić information content (AvgIpc) is 2.78. The number of hydrogen-bond donors (Lipinski definition) is 2. The van der Waals surface area contributed by atoms with Gasteiger partial charge in [0.2, 0.25) is 0 Å². The smallest absolute Gasteiger partial charge is 0.358 e. The van der Waals surface area contributed by atoms with Crippen molar-refractivity contribution in [1.29, 1.82) is 0 Å². The number of nitrogens with zero attached hydrogens (tertiary/aromatic N) is 2. The van der Waals surface area contributed by atoms with E-state index in [0.717, 1.165) is 0 Å². The molecule has 1 unspecified atom stereocenters. The molecule has 1 fully saturated rings. The summed E-state index contributed by atoms with van der Waals surface area (Å²) in [7, 11) is 0. The van der Waals surface area contributed by atoms with Crippen LogP contribution in [0.1, 0.15) is 16.2 Å². The fourth-order valence-electron chi connectivity index (χ4n) is 1.75. The number of ether oxygens (including phenoxy) is 1. The van der Waals surface area contributed by atoms with Crippen molar-refractivity contribution >= 4 is 5.97 Å². The SMILES string of the molecule is O=C(O)c1cc(CN2CCOCC2CO)on1. The zero-order chi connectivity index (χ0) is 12.3. The van der Waals surface area contributed by atoms with Crippen LogP contribution in [0.4, 0.5) is 0 Å². The Labute approximate surface area is 97.6 Å². The molecule has 0 aliphatic carbocycles. The summed E-state index contributed by atoms with van der Waals surface area (Å²) in [6.45, 7) is 2.16. The molecule has 0 radical (unpaired) electrons. The summed E-state index contributed by atoms with van der Waals surface area (Å²) in [5, 5.41) is 21.3. The van der Waals surface area contributed by atoms with E-state index in [0.29, 0.717) is 32.1 Å². The quantitative estimate of drug-likeness (QED) is 0.739. The van der Waals surface area contributed by atoms with Crippen LogP contribution in [-0.4, -0.2) is 58.6 Å². The van der Waals surface area contributed by atoms with Gasteiger partial charge in [-0.1, -0.05) is 5.16 Å². The lowest BCUT2D eigenvalue weighted by Gasteiger charge is -2.33. The van der Waals surface area contributed by atoms with Crippen molar-refractivity contribution in [3.63, 3.8) is 0 Å². The Hall–Kier alpha value is -1.44. The minimum Gasteiger partial charge on any atom is -0.476 e. The summed E-state index contributed by atoms with van der Waals surface area (Å²) in [4.78, 5) is 12.6. The molecular weight excluding hydrogens is 228 g/mol. The van der Waals surface area contributed by atoms with E-state index in [9.17, 15) is 9.90 Å². The number of hydrogen-bond acceptors (Lipinski definition) is 6. The normalized spacial score (nSPS) is 21.6. The molecule has 7 heteroatoms. The van der Waals surface area contributed by atoms with E-state index >= 15 is 0 Å². The summed E-state index contributed by atoms with van der Waals surface area (Å²) in [6, 6.07) is 1.31. The first-order valence-corrected chi connectivity index (χ1v) is 5.32. The molecule has 1 aromatic rings. The molecule has 1 saturated heterocycles. The summed E-state index contributed by atoms with van der Waals surface area (Å²) >= 11 is 0. The van der Waals surface area contributed by atoms with Gasteiger partial charge < -0.3 is 19.5 Å². The summed E-state index contributed by atoms with van der Waals surface area (Å²) < 4.78 is 10.2. The number of aliphatic hydroxyl groups excluding tert-OH is 1. The summed E-state index contributed by atoms with van der Waals surface area (Å²) in [6.07, 6.45) is 0. The van der Waals surface area contributed by atoms with Crippen LogP contribution in [0.3, 0.4) is 0 Å². The number of carbonyl (C=O) groups is 1. The zero-order valence-corrected chi connectivity index (χ0v) is 9.20. The van der Waals surface area contributed by atoms with Gasteiger partial charge in [-0.05, 0) is 0 Å². The summed E-state index contributed by atoms with van der Waals surface area (Å²) in [5.74, 6) is -0.636. The first kappa shape index (κ1) is 12.0. The van der Waals surface area contributed by atoms with Gasteiger partial charge in [0.15, 0.2) is 11.5 Å². The fraction of sp³-hybridized carbons (Fsp3) is 0.600. The molecule has 1 atom stereocenters. The maximum atomic E-state index is 10.6. The zero-order valence-electron chi connectivity index (χ0n) is 9.20. The Morgan fingerprint density at radius 2 is 2.47 bits per heavy atom. The lowest BCUT2D eigenvalue weighted by atomic mass is 10.2. The van der Waals surface area contributed by atoms with Gasteiger partial charge in [-0.2, -0.15) is 0 Å². The van der Waals surface area contributed by atoms with Crippen LogP contribution in [0, 0.1) is 0 Å². The second-order valence-corrected chi connectivity index (χ2v) is 3.87. The molecule has 2 N–H and O–H groups in total. The number of morpholine rings is 1. The Bertz CT molecular complexity index is 392. The van der Waals surface area contributed by atoms with Gasteiger partial charge in [0.1, 0.15) is 0 Å². The van der Waals surface area contributed by atoms with Gasteiger partial charge in [-0.15, -0.1) is 0 Å². The number of aromatic nitrogens is 1. The van der Waals surface area contributed by atoms with Gasteiger partial charge in [-0.25, -0.2) is 4.79 Å². The van der Waals surface area contributed by atoms with E-state index in [-0.39, 0.29) is 18.3 Å². The van der Waals surface area contributed by atoms with E-state index < -0.39 is 5.97 Å². The number of rotatable bonds is 4. The third-order valence-corrected chi connectivity index (χ3v) is 2.70. The van der Waals surface area contributed by atoms with Gasteiger partial charge in [0.25, 0.3) is 0 Å². The first-order chi connectivity index (χ1) is 8.20. The molecule has 0 amide bonds. The van der Waals surface area contributed by atoms with Crippen molar-refractivity contribution in [2.45, 2.75) is 12.6 Å². The highest BCUT2D eigenvalue weighted by Crippen LogP contribution is 2.13. The van der Waals surface area contributed by atoms with Crippen LogP contribution >= 0.6 is 0 Å².